The maximum Gasteiger partial charge on any atom is 0.0517 e. The third kappa shape index (κ3) is 2.47. The summed E-state index contributed by atoms with van der Waals surface area (Å²) in [6.45, 7) is 11.5. The summed E-state index contributed by atoms with van der Waals surface area (Å²) in [6, 6.07) is 7.10. The van der Waals surface area contributed by atoms with Crippen LogP contribution >= 0.6 is 0 Å². The van der Waals surface area contributed by atoms with Crippen molar-refractivity contribution in [2.75, 3.05) is 0 Å². The fourth-order valence-electron chi connectivity index (χ4n) is 1.87. The van der Waals surface area contributed by atoms with E-state index in [0.29, 0.717) is 11.8 Å². The van der Waals surface area contributed by atoms with Gasteiger partial charge >= 0.3 is 0 Å². The lowest BCUT2D eigenvalue weighted by Gasteiger charge is -2.17. The van der Waals surface area contributed by atoms with Crippen molar-refractivity contribution in [1.29, 1.82) is 0 Å². The highest BCUT2D eigenvalue weighted by Gasteiger charge is 2.09. The highest BCUT2D eigenvalue weighted by atomic mass is 28.2. The third-order valence-corrected chi connectivity index (χ3v) is 4.06. The lowest BCUT2D eigenvalue weighted by atomic mass is 9.91. The van der Waals surface area contributed by atoms with Gasteiger partial charge in [-0.25, -0.2) is 0 Å². The van der Waals surface area contributed by atoms with Gasteiger partial charge in [0.15, 0.2) is 0 Å². The van der Waals surface area contributed by atoms with Crippen LogP contribution in [-0.2, 0) is 0 Å². The minimum atomic E-state index is -0.00265. The molecule has 1 aromatic carbocycles. The zero-order valence-electron chi connectivity index (χ0n) is 10.1. The fourth-order valence-corrected chi connectivity index (χ4v) is 2.65. The predicted molar refractivity (Wildman–Crippen MR) is 68.7 cm³/mol. The van der Waals surface area contributed by atoms with Gasteiger partial charge in [-0.05, 0) is 23.0 Å². The zero-order valence-corrected chi connectivity index (χ0v) is 11.5. The Morgan fingerprint density at radius 1 is 0.929 bits per heavy atom. The number of hydrogen-bond donors (Lipinski definition) is 0. The summed E-state index contributed by atoms with van der Waals surface area (Å²) in [5, 5.41) is 1.60. The van der Waals surface area contributed by atoms with Gasteiger partial charge in [0.1, 0.15) is 0 Å². The number of hydrogen-bond acceptors (Lipinski definition) is 0. The molecular weight excluding hydrogens is 184 g/mol. The van der Waals surface area contributed by atoms with Gasteiger partial charge in [-0.15, -0.1) is 0 Å². The van der Waals surface area contributed by atoms with Gasteiger partial charge in [0.25, 0.3) is 0 Å². The van der Waals surface area contributed by atoms with E-state index in [4.69, 9.17) is 0 Å². The highest BCUT2D eigenvalue weighted by Crippen LogP contribution is 2.24. The zero-order chi connectivity index (χ0) is 10.7. The summed E-state index contributed by atoms with van der Waals surface area (Å²) in [7, 11) is -0.00265. The van der Waals surface area contributed by atoms with E-state index in [2.05, 4.69) is 52.4 Å². The molecule has 0 saturated carbocycles. The summed E-state index contributed by atoms with van der Waals surface area (Å²) in [5.41, 5.74) is 3.10. The molecule has 0 heterocycles. The fraction of sp³-hybridized carbons (Fsp3) is 0.538. The minimum Gasteiger partial charge on any atom is -0.0708 e. The Balaban J connectivity index is 3.17. The Kier molecular flexibility index (Phi) is 3.94. The Morgan fingerprint density at radius 3 is 1.93 bits per heavy atom. The van der Waals surface area contributed by atoms with E-state index in [1.807, 2.05) is 0 Å². The smallest absolute Gasteiger partial charge is 0.0517 e. The lowest BCUT2D eigenvalue weighted by Crippen LogP contribution is -2.13. The molecule has 0 aliphatic heterocycles. The van der Waals surface area contributed by atoms with E-state index in [1.165, 1.54) is 5.56 Å². The van der Waals surface area contributed by atoms with Crippen molar-refractivity contribution in [2.24, 2.45) is 0 Å². The van der Waals surface area contributed by atoms with Crippen LogP contribution in [0.1, 0.15) is 50.7 Å². The Morgan fingerprint density at radius 2 is 1.50 bits per heavy atom. The molecule has 0 fully saturated rings. The van der Waals surface area contributed by atoms with Gasteiger partial charge in [0, 0.05) is 0 Å². The standard InChI is InChI=1S/C13H22Si/c1-9(2)12-7-6-11(14-5)8-13(12)10(3)4/h6-10H,14H2,1-5H3. The van der Waals surface area contributed by atoms with Crippen LogP contribution in [0.25, 0.3) is 0 Å². The highest BCUT2D eigenvalue weighted by molar-refractivity contribution is 6.51. The van der Waals surface area contributed by atoms with Crippen molar-refractivity contribution in [2.45, 2.75) is 46.1 Å². The van der Waals surface area contributed by atoms with Crippen LogP contribution in [0.2, 0.25) is 6.55 Å². The van der Waals surface area contributed by atoms with Gasteiger partial charge < -0.3 is 0 Å². The van der Waals surface area contributed by atoms with Crippen molar-refractivity contribution in [3.05, 3.63) is 29.3 Å². The van der Waals surface area contributed by atoms with E-state index in [9.17, 15) is 0 Å². The molecule has 0 unspecified atom stereocenters. The molecular formula is C13H22Si. The summed E-state index contributed by atoms with van der Waals surface area (Å²) < 4.78 is 0. The molecule has 0 aliphatic carbocycles. The second kappa shape index (κ2) is 4.79. The molecule has 0 aromatic heterocycles. The first kappa shape index (κ1) is 11.5. The van der Waals surface area contributed by atoms with Crippen LogP contribution in [0, 0.1) is 0 Å². The quantitative estimate of drug-likeness (QED) is 0.667. The largest absolute Gasteiger partial charge is 0.0708 e. The normalized spacial score (nSPS) is 12.2. The average molecular weight is 206 g/mol. The van der Waals surface area contributed by atoms with Crippen LogP contribution in [-0.4, -0.2) is 9.52 Å². The second-order valence-corrected chi connectivity index (χ2v) is 6.15. The Labute approximate surface area is 90.6 Å². The van der Waals surface area contributed by atoms with E-state index in [1.54, 1.807) is 10.8 Å². The van der Waals surface area contributed by atoms with Gasteiger partial charge in [0.2, 0.25) is 0 Å². The summed E-state index contributed by atoms with van der Waals surface area (Å²) in [6.07, 6.45) is 0. The second-order valence-electron chi connectivity index (χ2n) is 4.63. The van der Waals surface area contributed by atoms with Crippen molar-refractivity contribution in [1.82, 2.24) is 0 Å². The molecule has 0 N–H and O–H groups in total. The molecule has 14 heavy (non-hydrogen) atoms. The molecule has 1 aromatic rings. The monoisotopic (exact) mass is 206 g/mol. The van der Waals surface area contributed by atoms with Crippen molar-refractivity contribution in [3.63, 3.8) is 0 Å². The van der Waals surface area contributed by atoms with Crippen LogP contribution in [0.4, 0.5) is 0 Å². The van der Waals surface area contributed by atoms with E-state index < -0.39 is 0 Å². The van der Waals surface area contributed by atoms with Crippen LogP contribution < -0.4 is 5.19 Å². The van der Waals surface area contributed by atoms with E-state index in [0.717, 1.165) is 0 Å². The molecule has 1 heteroatoms. The molecule has 0 aliphatic rings. The van der Waals surface area contributed by atoms with Crippen molar-refractivity contribution >= 4 is 14.7 Å². The summed E-state index contributed by atoms with van der Waals surface area (Å²) in [4.78, 5) is 0. The average Bonchev–Trinajstić information content (AvgIpc) is 2.16. The first-order chi connectivity index (χ1) is 6.56. The molecule has 0 saturated heterocycles. The number of benzene rings is 1. The van der Waals surface area contributed by atoms with Gasteiger partial charge in [-0.1, -0.05) is 57.6 Å². The maximum atomic E-state index is 2.44. The molecule has 78 valence electrons. The van der Waals surface area contributed by atoms with Gasteiger partial charge in [-0.3, -0.25) is 0 Å². The van der Waals surface area contributed by atoms with E-state index in [-0.39, 0.29) is 9.52 Å². The molecule has 0 nitrogen and oxygen atoms in total. The van der Waals surface area contributed by atoms with Crippen molar-refractivity contribution in [3.8, 4) is 0 Å². The topological polar surface area (TPSA) is 0 Å². The van der Waals surface area contributed by atoms with Crippen LogP contribution in [0.5, 0.6) is 0 Å². The Hall–Kier alpha value is -0.563. The SMILES string of the molecule is C[SiH2]c1ccc(C(C)C)c(C(C)C)c1. The number of rotatable bonds is 3. The van der Waals surface area contributed by atoms with Gasteiger partial charge in [0.05, 0.1) is 9.52 Å². The lowest BCUT2D eigenvalue weighted by molar-refractivity contribution is 0.791. The molecule has 1 rings (SSSR count). The molecule has 0 spiro atoms. The van der Waals surface area contributed by atoms with Gasteiger partial charge in [-0.2, -0.15) is 0 Å². The molecule has 0 amide bonds. The summed E-state index contributed by atoms with van der Waals surface area (Å²) in [5.74, 6) is 1.31. The van der Waals surface area contributed by atoms with Crippen LogP contribution in [0.3, 0.4) is 0 Å². The summed E-state index contributed by atoms with van der Waals surface area (Å²) >= 11 is 0. The first-order valence-corrected chi connectivity index (χ1v) is 7.81. The molecule has 0 bridgehead atoms. The minimum absolute atomic E-state index is 0.00265. The predicted octanol–water partition coefficient (Wildman–Crippen LogP) is 2.78. The first-order valence-electron chi connectivity index (χ1n) is 5.69. The molecule has 0 radical (unpaired) electrons. The molecule has 0 atom stereocenters. The Bertz CT molecular complexity index is 300. The third-order valence-electron chi connectivity index (χ3n) is 2.80. The maximum absolute atomic E-state index is 2.44. The van der Waals surface area contributed by atoms with E-state index >= 15 is 0 Å². The van der Waals surface area contributed by atoms with Crippen molar-refractivity contribution < 1.29 is 0 Å². The van der Waals surface area contributed by atoms with Crippen LogP contribution in [0.15, 0.2) is 18.2 Å².